The van der Waals surface area contributed by atoms with Crippen LogP contribution < -0.4 is 5.56 Å². The van der Waals surface area contributed by atoms with Gasteiger partial charge in [-0.15, -0.1) is 0 Å². The Kier molecular flexibility index (Phi) is 5.41. The molecule has 0 fully saturated rings. The molecule has 0 aliphatic carbocycles. The number of carbonyl (C=O) groups is 2. The monoisotopic (exact) mass is 440 g/mol. The van der Waals surface area contributed by atoms with Gasteiger partial charge in [0.1, 0.15) is 0 Å². The van der Waals surface area contributed by atoms with Crippen molar-refractivity contribution in [1.29, 1.82) is 0 Å². The first-order valence-corrected chi connectivity index (χ1v) is 10.4. The van der Waals surface area contributed by atoms with Crippen molar-refractivity contribution in [2.45, 2.75) is 38.8 Å². The van der Waals surface area contributed by atoms with Gasteiger partial charge in [-0.3, -0.25) is 14.4 Å². The van der Waals surface area contributed by atoms with Gasteiger partial charge >= 0.3 is 5.97 Å². The maximum absolute atomic E-state index is 13.4. The number of hydrogen-bond acceptors (Lipinski definition) is 6. The fourth-order valence-corrected chi connectivity index (χ4v) is 4.29. The third-order valence-electron chi connectivity index (χ3n) is 5.71. The standard InChI is InChI=1S/C23H21ClN2O5/c1-3-23(30,22(24)29)17-11-19-20-15(10-14-6-4-5-7-18(14)25-20)12-26(19)21(28)16(17)8-9-31-13(2)27/h4-7,10-11,30H,3,8-9,12H2,1-2H3/t23-/m0/s1. The number of benzene rings is 1. The Hall–Kier alpha value is -3.03. The van der Waals surface area contributed by atoms with E-state index in [2.05, 4.69) is 0 Å². The number of halogens is 1. The molecule has 0 unspecified atom stereocenters. The smallest absolute Gasteiger partial charge is 0.302 e. The molecule has 0 saturated heterocycles. The number of para-hydroxylation sites is 1. The Morgan fingerprint density at radius 1 is 1.29 bits per heavy atom. The molecule has 3 aromatic rings. The minimum absolute atomic E-state index is 0.0171. The molecule has 0 spiro atoms. The Labute approximate surface area is 183 Å². The van der Waals surface area contributed by atoms with Gasteiger partial charge in [-0.2, -0.15) is 0 Å². The van der Waals surface area contributed by atoms with Crippen LogP contribution in [-0.2, 0) is 32.9 Å². The van der Waals surface area contributed by atoms with E-state index in [0.717, 1.165) is 16.5 Å². The van der Waals surface area contributed by atoms with Crippen LogP contribution >= 0.6 is 11.6 Å². The predicted octanol–water partition coefficient (Wildman–Crippen LogP) is 2.89. The average Bonchev–Trinajstić information content (AvgIpc) is 3.10. The van der Waals surface area contributed by atoms with Crippen LogP contribution in [0.15, 0.2) is 41.2 Å². The number of pyridine rings is 2. The number of hydrogen-bond donors (Lipinski definition) is 1. The van der Waals surface area contributed by atoms with Gasteiger partial charge in [0.25, 0.3) is 10.8 Å². The van der Waals surface area contributed by atoms with E-state index < -0.39 is 16.8 Å². The highest BCUT2D eigenvalue weighted by Crippen LogP contribution is 2.37. The molecule has 0 bridgehead atoms. The first kappa shape index (κ1) is 21.2. The van der Waals surface area contributed by atoms with Crippen molar-refractivity contribution in [3.8, 4) is 11.4 Å². The lowest BCUT2D eigenvalue weighted by Gasteiger charge is -2.26. The van der Waals surface area contributed by atoms with Gasteiger partial charge in [-0.25, -0.2) is 4.98 Å². The zero-order valence-corrected chi connectivity index (χ0v) is 17.9. The Balaban J connectivity index is 1.94. The van der Waals surface area contributed by atoms with Crippen molar-refractivity contribution in [2.75, 3.05) is 6.61 Å². The largest absolute Gasteiger partial charge is 0.466 e. The van der Waals surface area contributed by atoms with E-state index in [1.807, 2.05) is 30.3 Å². The first-order valence-electron chi connectivity index (χ1n) is 9.98. The summed E-state index contributed by atoms with van der Waals surface area (Å²) in [7, 11) is 0. The molecule has 8 heteroatoms. The molecule has 1 atom stereocenters. The summed E-state index contributed by atoms with van der Waals surface area (Å²) in [6.07, 6.45) is 0.0308. The molecule has 31 heavy (non-hydrogen) atoms. The van der Waals surface area contributed by atoms with Crippen LogP contribution in [0.4, 0.5) is 0 Å². The molecule has 2 aromatic heterocycles. The summed E-state index contributed by atoms with van der Waals surface area (Å²) in [6.45, 7) is 3.15. The molecule has 7 nitrogen and oxygen atoms in total. The second-order valence-corrected chi connectivity index (χ2v) is 7.92. The van der Waals surface area contributed by atoms with E-state index >= 15 is 0 Å². The highest BCUT2D eigenvalue weighted by atomic mass is 35.5. The fraction of sp³-hybridized carbons (Fsp3) is 0.304. The van der Waals surface area contributed by atoms with Gasteiger partial charge in [0.05, 0.1) is 30.1 Å². The molecule has 0 amide bonds. The Morgan fingerprint density at radius 3 is 2.71 bits per heavy atom. The van der Waals surface area contributed by atoms with Crippen molar-refractivity contribution in [3.63, 3.8) is 0 Å². The Bertz CT molecular complexity index is 1280. The summed E-state index contributed by atoms with van der Waals surface area (Å²) >= 11 is 5.76. The minimum Gasteiger partial charge on any atom is -0.466 e. The number of fused-ring (bicyclic) bond motifs is 4. The van der Waals surface area contributed by atoms with Gasteiger partial charge in [-0.05, 0) is 36.2 Å². The van der Waals surface area contributed by atoms with Crippen LogP contribution in [0.3, 0.4) is 0 Å². The molecule has 0 saturated carbocycles. The highest BCUT2D eigenvalue weighted by molar-refractivity contribution is 6.65. The molecule has 1 aliphatic heterocycles. The van der Waals surface area contributed by atoms with Crippen LogP contribution in [0, 0.1) is 0 Å². The lowest BCUT2D eigenvalue weighted by atomic mass is 9.87. The van der Waals surface area contributed by atoms with Gasteiger partial charge in [-0.1, -0.05) is 25.1 Å². The van der Waals surface area contributed by atoms with E-state index in [1.165, 1.54) is 6.92 Å². The summed E-state index contributed by atoms with van der Waals surface area (Å²) in [5, 5.41) is 11.1. The molecule has 4 rings (SSSR count). The van der Waals surface area contributed by atoms with Crippen molar-refractivity contribution in [2.24, 2.45) is 0 Å². The fourth-order valence-electron chi connectivity index (χ4n) is 4.06. The Morgan fingerprint density at radius 2 is 2.03 bits per heavy atom. The lowest BCUT2D eigenvalue weighted by Crippen LogP contribution is -2.37. The zero-order chi connectivity index (χ0) is 22.3. The van der Waals surface area contributed by atoms with Crippen LogP contribution in [-0.4, -0.2) is 32.5 Å². The molecule has 160 valence electrons. The molecular weight excluding hydrogens is 420 g/mol. The molecule has 3 heterocycles. The molecule has 1 aliphatic rings. The maximum atomic E-state index is 13.4. The van der Waals surface area contributed by atoms with Crippen molar-refractivity contribution >= 4 is 33.7 Å². The van der Waals surface area contributed by atoms with Crippen LogP contribution in [0.25, 0.3) is 22.3 Å². The normalized spacial score (nSPS) is 14.1. The quantitative estimate of drug-likeness (QED) is 0.365. The molecule has 1 aromatic carbocycles. The van der Waals surface area contributed by atoms with Gasteiger partial charge in [0, 0.05) is 35.4 Å². The summed E-state index contributed by atoms with van der Waals surface area (Å²) in [6, 6.07) is 11.2. The van der Waals surface area contributed by atoms with Crippen molar-refractivity contribution in [3.05, 3.63) is 63.4 Å². The van der Waals surface area contributed by atoms with E-state index in [9.17, 15) is 19.5 Å². The van der Waals surface area contributed by atoms with Crippen LogP contribution in [0.1, 0.15) is 37.0 Å². The molecule has 1 N–H and O–H groups in total. The van der Waals surface area contributed by atoms with E-state index in [0.29, 0.717) is 17.9 Å². The van der Waals surface area contributed by atoms with Gasteiger partial charge in [0.2, 0.25) is 0 Å². The molecular formula is C23H21ClN2O5. The van der Waals surface area contributed by atoms with E-state index in [1.54, 1.807) is 17.6 Å². The number of rotatable bonds is 6. The zero-order valence-electron chi connectivity index (χ0n) is 17.1. The van der Waals surface area contributed by atoms with Crippen LogP contribution in [0.5, 0.6) is 0 Å². The lowest BCUT2D eigenvalue weighted by molar-refractivity contribution is -0.140. The van der Waals surface area contributed by atoms with Gasteiger partial charge in [0.15, 0.2) is 5.60 Å². The number of aromatic nitrogens is 2. The maximum Gasteiger partial charge on any atom is 0.302 e. The highest BCUT2D eigenvalue weighted by Gasteiger charge is 2.39. The summed E-state index contributed by atoms with van der Waals surface area (Å²) in [5.74, 6) is -0.481. The van der Waals surface area contributed by atoms with E-state index in [-0.39, 0.29) is 36.1 Å². The number of esters is 1. The number of aliphatic hydroxyl groups is 1. The topological polar surface area (TPSA) is 98.5 Å². The predicted molar refractivity (Wildman–Crippen MR) is 116 cm³/mol. The SMILES string of the molecule is CC[C@@](O)(C(=O)Cl)c1cc2n(c(=O)c1CCOC(C)=O)Cc1cc3ccccc3nc1-2. The first-order chi connectivity index (χ1) is 14.8. The second kappa shape index (κ2) is 7.90. The average molecular weight is 441 g/mol. The van der Waals surface area contributed by atoms with Crippen molar-refractivity contribution < 1.29 is 19.4 Å². The number of carbonyl (C=O) groups excluding carboxylic acids is 2. The minimum atomic E-state index is -2.04. The number of ether oxygens (including phenoxy) is 1. The summed E-state index contributed by atoms with van der Waals surface area (Å²) in [4.78, 5) is 41.5. The third kappa shape index (κ3) is 3.54. The number of nitrogens with zero attached hydrogens (tertiary/aromatic N) is 2. The van der Waals surface area contributed by atoms with Gasteiger partial charge < -0.3 is 14.4 Å². The van der Waals surface area contributed by atoms with Crippen molar-refractivity contribution in [1.82, 2.24) is 9.55 Å². The van der Waals surface area contributed by atoms with Crippen LogP contribution in [0.2, 0.25) is 0 Å². The summed E-state index contributed by atoms with van der Waals surface area (Å²) < 4.78 is 6.56. The third-order valence-corrected chi connectivity index (χ3v) is 6.03. The molecule has 0 radical (unpaired) electrons. The second-order valence-electron chi connectivity index (χ2n) is 7.58. The summed E-state index contributed by atoms with van der Waals surface area (Å²) in [5.41, 5.74) is 0.707. The van der Waals surface area contributed by atoms with E-state index in [4.69, 9.17) is 21.3 Å².